The minimum atomic E-state index is -0.738. The van der Waals surface area contributed by atoms with Crippen molar-refractivity contribution in [2.45, 2.75) is 81.5 Å². The lowest BCUT2D eigenvalue weighted by Crippen LogP contribution is -2.49. The van der Waals surface area contributed by atoms with Crippen LogP contribution in [0.3, 0.4) is 0 Å². The number of nitrogens with one attached hydrogen (secondary N) is 1. The van der Waals surface area contributed by atoms with Crippen LogP contribution in [0.15, 0.2) is 66.3 Å². The van der Waals surface area contributed by atoms with Gasteiger partial charge in [0.15, 0.2) is 5.79 Å². The van der Waals surface area contributed by atoms with Crippen molar-refractivity contribution < 1.29 is 38.8 Å². The number of ether oxygens (including phenoxy) is 3. The van der Waals surface area contributed by atoms with Crippen molar-refractivity contribution >= 4 is 23.9 Å². The van der Waals surface area contributed by atoms with Gasteiger partial charge in [0.25, 0.3) is 0 Å². The third-order valence-electron chi connectivity index (χ3n) is 9.96. The number of likely N-dealkylation sites (tertiary alicyclic amines) is 1. The van der Waals surface area contributed by atoms with E-state index >= 15 is 0 Å². The largest absolute Gasteiger partial charge is 0.508 e. The van der Waals surface area contributed by atoms with E-state index in [0.29, 0.717) is 48.8 Å². The Morgan fingerprint density at radius 1 is 1.00 bits per heavy atom. The number of rotatable bonds is 11. The molecule has 47 heavy (non-hydrogen) atoms. The fraction of sp³-hybridized carbons (Fsp3) is 0.486. The van der Waals surface area contributed by atoms with Gasteiger partial charge in [-0.25, -0.2) is 4.79 Å². The highest BCUT2D eigenvalue weighted by atomic mass is 16.8. The second-order valence-corrected chi connectivity index (χ2v) is 13.3. The van der Waals surface area contributed by atoms with Gasteiger partial charge >= 0.3 is 5.97 Å². The lowest BCUT2D eigenvalue weighted by atomic mass is 9.91. The molecule has 7 rings (SSSR count). The number of fused-ring (bicyclic) bond motifs is 1. The molecule has 2 saturated carbocycles. The number of carbonyl (C=O) groups excluding carboxylic acids is 3. The number of aliphatic hydroxyl groups excluding tert-OH is 1. The molecule has 10 nitrogen and oxygen atoms in total. The Labute approximate surface area is 274 Å². The third-order valence-corrected chi connectivity index (χ3v) is 9.96. The number of hydrogen-bond donors (Lipinski definition) is 3. The Balaban J connectivity index is 1.07. The molecule has 3 aliphatic carbocycles. The number of carbonyl (C=O) groups is 3. The molecule has 3 N–H and O–H groups in total. The summed E-state index contributed by atoms with van der Waals surface area (Å²) in [5.41, 5.74) is 2.58. The van der Waals surface area contributed by atoms with E-state index in [9.17, 15) is 19.5 Å². The van der Waals surface area contributed by atoms with Gasteiger partial charge in [-0.1, -0.05) is 42.5 Å². The van der Waals surface area contributed by atoms with Crippen molar-refractivity contribution in [2.24, 2.45) is 11.8 Å². The number of para-hydroxylation sites is 1. The first kappa shape index (κ1) is 31.6. The van der Waals surface area contributed by atoms with Gasteiger partial charge in [-0.05, 0) is 80.3 Å². The van der Waals surface area contributed by atoms with Gasteiger partial charge in [-0.15, -0.1) is 0 Å². The molecule has 0 aromatic heterocycles. The predicted molar refractivity (Wildman–Crippen MR) is 172 cm³/mol. The van der Waals surface area contributed by atoms with Crippen molar-refractivity contribution in [1.82, 2.24) is 10.2 Å². The van der Waals surface area contributed by atoms with E-state index in [0.717, 1.165) is 36.8 Å². The first-order valence-electron chi connectivity index (χ1n) is 16.9. The molecule has 2 heterocycles. The van der Waals surface area contributed by atoms with Crippen LogP contribution in [0, 0.1) is 11.8 Å². The van der Waals surface area contributed by atoms with E-state index in [1.165, 1.54) is 0 Å². The average molecular weight is 643 g/mol. The molecular weight excluding hydrogens is 600 g/mol. The summed E-state index contributed by atoms with van der Waals surface area (Å²) in [5, 5.41) is 21.8. The first-order valence-corrected chi connectivity index (χ1v) is 16.9. The van der Waals surface area contributed by atoms with Gasteiger partial charge in [0.1, 0.15) is 30.1 Å². The molecule has 10 heteroatoms. The molecule has 4 atom stereocenters. The number of aliphatic hydroxyl groups is 1. The van der Waals surface area contributed by atoms with Crippen LogP contribution < -0.4 is 5.32 Å². The summed E-state index contributed by atoms with van der Waals surface area (Å²) in [6.07, 6.45) is 10.0. The summed E-state index contributed by atoms with van der Waals surface area (Å²) in [5.74, 6) is -0.894. The van der Waals surface area contributed by atoms with Crippen molar-refractivity contribution in [2.75, 3.05) is 19.7 Å². The van der Waals surface area contributed by atoms with E-state index in [1.54, 1.807) is 29.2 Å². The molecule has 5 aliphatic rings. The highest BCUT2D eigenvalue weighted by Gasteiger charge is 2.64. The van der Waals surface area contributed by atoms with E-state index in [1.807, 2.05) is 42.5 Å². The molecule has 248 valence electrons. The lowest BCUT2D eigenvalue weighted by Gasteiger charge is -2.33. The number of phenolic OH excluding ortho intramolecular Hbond substituents is 1. The number of allylic oxidation sites excluding steroid dienone is 1. The molecule has 2 saturated heterocycles. The van der Waals surface area contributed by atoms with Crippen LogP contribution in [-0.4, -0.2) is 82.7 Å². The van der Waals surface area contributed by atoms with E-state index in [2.05, 4.69) is 5.32 Å². The summed E-state index contributed by atoms with van der Waals surface area (Å²) in [6, 6.07) is 13.7. The van der Waals surface area contributed by atoms with Crippen LogP contribution in [0.5, 0.6) is 5.75 Å². The highest BCUT2D eigenvalue weighted by molar-refractivity contribution is 5.98. The van der Waals surface area contributed by atoms with Crippen LogP contribution in [-0.2, 0) is 30.2 Å². The second kappa shape index (κ2) is 13.3. The Hall–Kier alpha value is -3.99. The molecule has 2 aromatic rings. The second-order valence-electron chi connectivity index (χ2n) is 13.3. The first-order chi connectivity index (χ1) is 22.9. The maximum Gasteiger partial charge on any atom is 0.338 e. The quantitative estimate of drug-likeness (QED) is 0.314. The van der Waals surface area contributed by atoms with Crippen LogP contribution >= 0.6 is 0 Å². The number of amides is 2. The lowest BCUT2D eigenvalue weighted by molar-refractivity contribution is -0.209. The van der Waals surface area contributed by atoms with Gasteiger partial charge in [0, 0.05) is 36.9 Å². The van der Waals surface area contributed by atoms with Crippen molar-refractivity contribution in [3.63, 3.8) is 0 Å². The number of hydrogen-bond acceptors (Lipinski definition) is 8. The SMILES string of the molecule is O=C(O[C@@H]1CC(C(=O)N2CCC[C@@H]2C(=O)NCCO)=C[C@H]2OC(C3CC3)(C3CC3)O[C@H]21)c1ccc(C=CCc2ccccc2O)cc1. The predicted octanol–water partition coefficient (Wildman–Crippen LogP) is 3.90. The van der Waals surface area contributed by atoms with E-state index < -0.39 is 36.1 Å². The zero-order valence-corrected chi connectivity index (χ0v) is 26.4. The minimum absolute atomic E-state index is 0.132. The summed E-state index contributed by atoms with van der Waals surface area (Å²) >= 11 is 0. The summed E-state index contributed by atoms with van der Waals surface area (Å²) < 4.78 is 19.6. The maximum absolute atomic E-state index is 13.9. The van der Waals surface area contributed by atoms with Gasteiger partial charge in [-0.2, -0.15) is 0 Å². The third kappa shape index (κ3) is 6.59. The summed E-state index contributed by atoms with van der Waals surface area (Å²) in [4.78, 5) is 41.8. The maximum atomic E-state index is 13.9. The molecule has 4 fully saturated rings. The number of nitrogens with zero attached hydrogens (tertiary/aromatic N) is 1. The van der Waals surface area contributed by atoms with Gasteiger partial charge in [0.05, 0.1) is 12.2 Å². The standard InChI is InChI=1S/C37H42N2O8/c40-20-18-38-34(42)29-8-4-19-39(29)35(43)26-21-31(33-32(22-26)46-37(47-33,27-14-15-27)28-16-17-28)45-36(44)25-12-10-23(11-13-25)5-3-7-24-6-1-2-9-30(24)41/h1-3,5-6,9-13,22,27-29,31-33,40-41H,4,7-8,14-21H2,(H,38,42)/t29-,31-,32-,33+/m1/s1. The molecule has 0 unspecified atom stereocenters. The number of esters is 1. The van der Waals surface area contributed by atoms with Crippen LogP contribution in [0.4, 0.5) is 0 Å². The fourth-order valence-corrected chi connectivity index (χ4v) is 7.26. The fourth-order valence-electron chi connectivity index (χ4n) is 7.26. The zero-order valence-electron chi connectivity index (χ0n) is 26.4. The zero-order chi connectivity index (χ0) is 32.5. The van der Waals surface area contributed by atoms with Crippen LogP contribution in [0.2, 0.25) is 0 Å². The molecular formula is C37H42N2O8. The van der Waals surface area contributed by atoms with E-state index in [-0.39, 0.29) is 37.1 Å². The highest BCUT2D eigenvalue weighted by Crippen LogP contribution is 2.59. The molecule has 2 aliphatic heterocycles. The normalized spacial score (nSPS) is 26.6. The van der Waals surface area contributed by atoms with Crippen molar-refractivity contribution in [3.05, 3.63) is 82.9 Å². The smallest absolute Gasteiger partial charge is 0.338 e. The number of aromatic hydroxyl groups is 1. The Morgan fingerprint density at radius 3 is 2.45 bits per heavy atom. The van der Waals surface area contributed by atoms with Gasteiger partial charge < -0.3 is 34.6 Å². The van der Waals surface area contributed by atoms with Crippen molar-refractivity contribution in [1.29, 1.82) is 0 Å². The molecule has 0 radical (unpaired) electrons. The summed E-state index contributed by atoms with van der Waals surface area (Å²) in [7, 11) is 0. The number of phenols is 1. The van der Waals surface area contributed by atoms with Crippen LogP contribution in [0.1, 0.15) is 66.4 Å². The molecule has 2 aromatic carbocycles. The molecule has 2 amide bonds. The van der Waals surface area contributed by atoms with Gasteiger partial charge in [0.2, 0.25) is 11.8 Å². The van der Waals surface area contributed by atoms with Crippen molar-refractivity contribution in [3.8, 4) is 5.75 Å². The Bertz CT molecular complexity index is 1550. The topological polar surface area (TPSA) is 135 Å². The molecule has 0 spiro atoms. The monoisotopic (exact) mass is 642 g/mol. The Morgan fingerprint density at radius 2 is 1.74 bits per heavy atom. The average Bonchev–Trinajstić information content (AvgIpc) is 4.03. The Kier molecular flexibility index (Phi) is 8.91. The minimum Gasteiger partial charge on any atom is -0.508 e. The van der Waals surface area contributed by atoms with Crippen LogP contribution in [0.25, 0.3) is 6.08 Å². The van der Waals surface area contributed by atoms with E-state index in [4.69, 9.17) is 19.3 Å². The number of benzene rings is 2. The molecule has 0 bridgehead atoms. The summed E-state index contributed by atoms with van der Waals surface area (Å²) in [6.45, 7) is 0.408. The van der Waals surface area contributed by atoms with Gasteiger partial charge in [-0.3, -0.25) is 9.59 Å².